The zero-order chi connectivity index (χ0) is 15.5. The van der Waals surface area contributed by atoms with E-state index in [9.17, 15) is 4.79 Å². The quantitative estimate of drug-likeness (QED) is 0.817. The van der Waals surface area contributed by atoms with E-state index in [4.69, 9.17) is 22.7 Å². The Hall–Kier alpha value is -0.980. The van der Waals surface area contributed by atoms with E-state index >= 15 is 0 Å². The molecule has 0 radical (unpaired) electrons. The molecule has 1 amide bonds. The number of amides is 1. The summed E-state index contributed by atoms with van der Waals surface area (Å²) < 4.78 is 5.36. The molecule has 1 saturated heterocycles. The Morgan fingerprint density at radius 2 is 2.14 bits per heavy atom. The number of hydrogen-bond donors (Lipinski definition) is 2. The number of nitrogens with two attached hydrogens (primary N) is 1. The van der Waals surface area contributed by atoms with Crippen molar-refractivity contribution in [1.29, 1.82) is 0 Å². The van der Waals surface area contributed by atoms with Gasteiger partial charge in [0, 0.05) is 18.1 Å². The van der Waals surface area contributed by atoms with Gasteiger partial charge in [-0.2, -0.15) is 0 Å². The molecular formula is C15H22N2O2S2. The van der Waals surface area contributed by atoms with Crippen LogP contribution in [0.15, 0.2) is 17.5 Å². The maximum atomic E-state index is 12.8. The van der Waals surface area contributed by atoms with Crippen LogP contribution in [0.4, 0.5) is 0 Å². The molecular weight excluding hydrogens is 304 g/mol. The summed E-state index contributed by atoms with van der Waals surface area (Å²) in [5.74, 6) is 0.237. The Kier molecular flexibility index (Phi) is 5.35. The van der Waals surface area contributed by atoms with Gasteiger partial charge in [-0.25, -0.2) is 0 Å². The second-order valence-corrected chi connectivity index (χ2v) is 7.19. The molecule has 1 atom stereocenters. The van der Waals surface area contributed by atoms with E-state index in [0.717, 1.165) is 4.88 Å². The van der Waals surface area contributed by atoms with E-state index in [1.54, 1.807) is 11.3 Å². The van der Waals surface area contributed by atoms with Gasteiger partial charge >= 0.3 is 0 Å². The average molecular weight is 326 g/mol. The van der Waals surface area contributed by atoms with Crippen molar-refractivity contribution in [2.45, 2.75) is 32.7 Å². The number of thiocarbonyl (C=S) groups is 1. The molecule has 1 aromatic heterocycles. The van der Waals surface area contributed by atoms with Crippen molar-refractivity contribution in [2.75, 3.05) is 13.2 Å². The van der Waals surface area contributed by atoms with Crippen molar-refractivity contribution in [3.63, 3.8) is 0 Å². The summed E-state index contributed by atoms with van der Waals surface area (Å²) in [5, 5.41) is 5.18. The molecule has 3 N–H and O–H groups in total. The number of rotatable bonds is 5. The Bertz CT molecular complexity index is 494. The van der Waals surface area contributed by atoms with E-state index < -0.39 is 5.41 Å². The Labute approximate surface area is 135 Å². The van der Waals surface area contributed by atoms with Crippen LogP contribution in [-0.4, -0.2) is 24.1 Å². The SMILES string of the molecule is CC(C)C(NC(=O)C1(C(N)=S)CCOCC1)c1cccs1. The van der Waals surface area contributed by atoms with E-state index in [0.29, 0.717) is 32.0 Å². The normalized spacial score (nSPS) is 19.2. The van der Waals surface area contributed by atoms with Gasteiger partial charge < -0.3 is 15.8 Å². The molecule has 1 fully saturated rings. The second-order valence-electron chi connectivity index (χ2n) is 5.77. The molecule has 2 heterocycles. The van der Waals surface area contributed by atoms with Crippen LogP contribution in [0.2, 0.25) is 0 Å². The van der Waals surface area contributed by atoms with Gasteiger partial charge in [0.2, 0.25) is 5.91 Å². The van der Waals surface area contributed by atoms with Crippen LogP contribution in [0.5, 0.6) is 0 Å². The summed E-state index contributed by atoms with van der Waals surface area (Å²) in [4.78, 5) is 14.3. The number of carbonyl (C=O) groups is 1. The predicted molar refractivity (Wildman–Crippen MR) is 89.3 cm³/mol. The number of hydrogen-bond acceptors (Lipinski definition) is 4. The highest BCUT2D eigenvalue weighted by Gasteiger charge is 2.44. The fourth-order valence-corrected chi connectivity index (χ4v) is 3.87. The van der Waals surface area contributed by atoms with Crippen molar-refractivity contribution in [3.8, 4) is 0 Å². The minimum absolute atomic E-state index is 0.00781. The molecule has 0 aromatic carbocycles. The van der Waals surface area contributed by atoms with Crippen molar-refractivity contribution in [1.82, 2.24) is 5.32 Å². The summed E-state index contributed by atoms with van der Waals surface area (Å²) >= 11 is 6.84. The lowest BCUT2D eigenvalue weighted by Gasteiger charge is -2.36. The number of ether oxygens (including phenoxy) is 1. The highest BCUT2D eigenvalue weighted by molar-refractivity contribution is 7.80. The second kappa shape index (κ2) is 6.85. The Morgan fingerprint density at radius 1 is 1.48 bits per heavy atom. The van der Waals surface area contributed by atoms with Crippen LogP contribution in [0, 0.1) is 11.3 Å². The molecule has 0 saturated carbocycles. The van der Waals surface area contributed by atoms with Gasteiger partial charge in [-0.1, -0.05) is 32.1 Å². The zero-order valence-corrected chi connectivity index (χ0v) is 14.1. The molecule has 2 rings (SSSR count). The lowest BCUT2D eigenvalue weighted by atomic mass is 9.78. The monoisotopic (exact) mass is 326 g/mol. The first-order chi connectivity index (χ1) is 9.97. The topological polar surface area (TPSA) is 64.4 Å². The molecule has 4 nitrogen and oxygen atoms in total. The molecule has 1 aliphatic heterocycles. The van der Waals surface area contributed by atoms with Gasteiger partial charge in [-0.05, 0) is 30.2 Å². The van der Waals surface area contributed by atoms with Gasteiger partial charge in [-0.15, -0.1) is 11.3 Å². The van der Waals surface area contributed by atoms with E-state index in [2.05, 4.69) is 19.2 Å². The van der Waals surface area contributed by atoms with E-state index in [-0.39, 0.29) is 16.9 Å². The van der Waals surface area contributed by atoms with Crippen LogP contribution >= 0.6 is 23.6 Å². The molecule has 1 aliphatic rings. The molecule has 0 bridgehead atoms. The van der Waals surface area contributed by atoms with Crippen molar-refractivity contribution >= 4 is 34.5 Å². The smallest absolute Gasteiger partial charge is 0.233 e. The van der Waals surface area contributed by atoms with Crippen LogP contribution in [-0.2, 0) is 9.53 Å². The summed E-state index contributed by atoms with van der Waals surface area (Å²) in [6, 6.07) is 4.04. The van der Waals surface area contributed by atoms with E-state index in [1.807, 2.05) is 17.5 Å². The fraction of sp³-hybridized carbons (Fsp3) is 0.600. The lowest BCUT2D eigenvalue weighted by Crippen LogP contribution is -2.53. The van der Waals surface area contributed by atoms with Gasteiger partial charge in [0.15, 0.2) is 0 Å². The van der Waals surface area contributed by atoms with Gasteiger partial charge in [0.1, 0.15) is 5.41 Å². The maximum absolute atomic E-state index is 12.8. The van der Waals surface area contributed by atoms with Crippen molar-refractivity contribution in [2.24, 2.45) is 17.1 Å². The molecule has 6 heteroatoms. The molecule has 0 spiro atoms. The summed E-state index contributed by atoms with van der Waals surface area (Å²) in [7, 11) is 0. The first kappa shape index (κ1) is 16.4. The fourth-order valence-electron chi connectivity index (χ4n) is 2.62. The predicted octanol–water partition coefficient (Wildman–Crippen LogP) is 2.64. The van der Waals surface area contributed by atoms with Gasteiger partial charge in [0.25, 0.3) is 0 Å². The molecule has 116 valence electrons. The third kappa shape index (κ3) is 3.44. The molecule has 0 aliphatic carbocycles. The number of nitrogens with one attached hydrogen (secondary N) is 1. The van der Waals surface area contributed by atoms with Crippen LogP contribution < -0.4 is 11.1 Å². The maximum Gasteiger partial charge on any atom is 0.233 e. The molecule has 1 unspecified atom stereocenters. The summed E-state index contributed by atoms with van der Waals surface area (Å²) in [5.41, 5.74) is 5.13. The minimum Gasteiger partial charge on any atom is -0.392 e. The Morgan fingerprint density at radius 3 is 2.62 bits per heavy atom. The third-order valence-corrected chi connectivity index (χ3v) is 5.40. The van der Waals surface area contributed by atoms with E-state index in [1.165, 1.54) is 0 Å². The van der Waals surface area contributed by atoms with Crippen molar-refractivity contribution < 1.29 is 9.53 Å². The van der Waals surface area contributed by atoms with Crippen LogP contribution in [0.1, 0.15) is 37.6 Å². The van der Waals surface area contributed by atoms with Crippen molar-refractivity contribution in [3.05, 3.63) is 22.4 Å². The summed E-state index contributed by atoms with van der Waals surface area (Å²) in [6.45, 7) is 5.25. The number of thiophene rings is 1. The van der Waals surface area contributed by atoms with Gasteiger partial charge in [-0.3, -0.25) is 4.79 Å². The van der Waals surface area contributed by atoms with Gasteiger partial charge in [0.05, 0.1) is 11.0 Å². The standard InChI is InChI=1S/C15H22N2O2S2/c1-10(2)12(11-4-3-9-21-11)17-14(18)15(13(16)20)5-7-19-8-6-15/h3-4,9-10,12H,5-8H2,1-2H3,(H2,16,20)(H,17,18). The van der Waals surface area contributed by atoms with Crippen LogP contribution in [0.3, 0.4) is 0 Å². The largest absolute Gasteiger partial charge is 0.392 e. The molecule has 1 aromatic rings. The minimum atomic E-state index is -0.766. The summed E-state index contributed by atoms with van der Waals surface area (Å²) in [6.07, 6.45) is 1.12. The Balaban J connectivity index is 2.19. The number of carbonyl (C=O) groups excluding carboxylic acids is 1. The lowest BCUT2D eigenvalue weighted by molar-refractivity contribution is -0.132. The van der Waals surface area contributed by atoms with Crippen LogP contribution in [0.25, 0.3) is 0 Å². The first-order valence-electron chi connectivity index (χ1n) is 7.19. The molecule has 21 heavy (non-hydrogen) atoms. The zero-order valence-electron chi connectivity index (χ0n) is 12.4. The highest BCUT2D eigenvalue weighted by atomic mass is 32.1. The average Bonchev–Trinajstić information content (AvgIpc) is 2.98. The third-order valence-electron chi connectivity index (χ3n) is 4.06. The highest BCUT2D eigenvalue weighted by Crippen LogP contribution is 2.34. The first-order valence-corrected chi connectivity index (χ1v) is 8.48.